The zero-order valence-corrected chi connectivity index (χ0v) is 15.8. The summed E-state index contributed by atoms with van der Waals surface area (Å²) in [5.41, 5.74) is 3.69. The Morgan fingerprint density at radius 3 is 2.77 bits per heavy atom. The predicted octanol–water partition coefficient (Wildman–Crippen LogP) is 3.15. The first-order valence-electron chi connectivity index (χ1n) is 9.48. The summed E-state index contributed by atoms with van der Waals surface area (Å²) >= 11 is 0. The standard InChI is InChI=1S/C21H29N5/c1-17(18-8-7-10-20(16-18)26-14-5-6-15-26)25-21(22-2)24-13-11-19-9-3-4-12-23-19/h3-4,7-10,12,16-17H,5-6,11,13-15H2,1-2H3,(H2,22,24,25). The van der Waals surface area contributed by atoms with E-state index in [2.05, 4.69) is 56.7 Å². The number of nitrogens with one attached hydrogen (secondary N) is 2. The third-order valence-electron chi connectivity index (χ3n) is 4.82. The lowest BCUT2D eigenvalue weighted by atomic mass is 10.1. The van der Waals surface area contributed by atoms with Crippen molar-refractivity contribution in [1.29, 1.82) is 0 Å². The molecule has 26 heavy (non-hydrogen) atoms. The summed E-state index contributed by atoms with van der Waals surface area (Å²) in [6.07, 6.45) is 5.30. The van der Waals surface area contributed by atoms with E-state index in [-0.39, 0.29) is 6.04 Å². The van der Waals surface area contributed by atoms with E-state index < -0.39 is 0 Å². The maximum absolute atomic E-state index is 4.35. The van der Waals surface area contributed by atoms with Gasteiger partial charge in [0.25, 0.3) is 0 Å². The molecule has 2 aromatic rings. The molecule has 2 heterocycles. The maximum atomic E-state index is 4.35. The summed E-state index contributed by atoms with van der Waals surface area (Å²) < 4.78 is 0. The zero-order chi connectivity index (χ0) is 18.2. The molecular formula is C21H29N5. The van der Waals surface area contributed by atoms with Gasteiger partial charge in [0.05, 0.1) is 6.04 Å². The lowest BCUT2D eigenvalue weighted by molar-refractivity contribution is 0.682. The normalized spacial score (nSPS) is 15.8. The molecule has 1 fully saturated rings. The SMILES string of the molecule is CN=C(NCCc1ccccn1)NC(C)c1cccc(N2CCCC2)c1. The van der Waals surface area contributed by atoms with Crippen molar-refractivity contribution >= 4 is 11.6 Å². The minimum absolute atomic E-state index is 0.193. The highest BCUT2D eigenvalue weighted by Crippen LogP contribution is 2.23. The van der Waals surface area contributed by atoms with Crippen LogP contribution in [0.15, 0.2) is 53.7 Å². The van der Waals surface area contributed by atoms with Gasteiger partial charge in [0.1, 0.15) is 0 Å². The molecule has 0 radical (unpaired) electrons. The van der Waals surface area contributed by atoms with Crippen LogP contribution in [0.2, 0.25) is 0 Å². The van der Waals surface area contributed by atoms with Crippen LogP contribution >= 0.6 is 0 Å². The van der Waals surface area contributed by atoms with Crippen molar-refractivity contribution in [3.8, 4) is 0 Å². The van der Waals surface area contributed by atoms with Gasteiger partial charge in [-0.15, -0.1) is 0 Å². The van der Waals surface area contributed by atoms with Gasteiger partial charge in [-0.1, -0.05) is 18.2 Å². The van der Waals surface area contributed by atoms with E-state index in [0.717, 1.165) is 24.6 Å². The Morgan fingerprint density at radius 2 is 2.04 bits per heavy atom. The number of hydrogen-bond acceptors (Lipinski definition) is 3. The van der Waals surface area contributed by atoms with Crippen molar-refractivity contribution in [2.75, 3.05) is 31.6 Å². The Balaban J connectivity index is 1.53. The van der Waals surface area contributed by atoms with E-state index in [9.17, 15) is 0 Å². The van der Waals surface area contributed by atoms with Crippen LogP contribution in [-0.2, 0) is 6.42 Å². The Bertz CT molecular complexity index is 707. The summed E-state index contributed by atoms with van der Waals surface area (Å²) in [6.45, 7) is 5.32. The molecule has 1 aromatic heterocycles. The molecule has 3 rings (SSSR count). The monoisotopic (exact) mass is 351 g/mol. The molecule has 138 valence electrons. The molecule has 5 nitrogen and oxygen atoms in total. The number of rotatable bonds is 6. The van der Waals surface area contributed by atoms with E-state index in [1.807, 2.05) is 31.4 Å². The van der Waals surface area contributed by atoms with Crippen molar-refractivity contribution in [3.63, 3.8) is 0 Å². The van der Waals surface area contributed by atoms with Gasteiger partial charge in [0.15, 0.2) is 5.96 Å². The Morgan fingerprint density at radius 1 is 1.19 bits per heavy atom. The average molecular weight is 351 g/mol. The minimum atomic E-state index is 0.193. The number of hydrogen-bond donors (Lipinski definition) is 2. The number of aliphatic imine (C=N–C) groups is 1. The second-order valence-electron chi connectivity index (χ2n) is 6.73. The van der Waals surface area contributed by atoms with Crippen LogP contribution in [-0.4, -0.2) is 37.6 Å². The van der Waals surface area contributed by atoms with E-state index in [1.54, 1.807) is 0 Å². The molecule has 1 atom stereocenters. The first-order chi connectivity index (χ1) is 12.8. The summed E-state index contributed by atoms with van der Waals surface area (Å²) in [5.74, 6) is 0.819. The van der Waals surface area contributed by atoms with Gasteiger partial charge in [-0.2, -0.15) is 0 Å². The molecule has 0 bridgehead atoms. The van der Waals surface area contributed by atoms with Gasteiger partial charge in [-0.3, -0.25) is 9.98 Å². The van der Waals surface area contributed by atoms with Crippen molar-refractivity contribution in [2.24, 2.45) is 4.99 Å². The number of pyridine rings is 1. The zero-order valence-electron chi connectivity index (χ0n) is 15.8. The molecular weight excluding hydrogens is 322 g/mol. The molecule has 0 saturated carbocycles. The number of aromatic nitrogens is 1. The maximum Gasteiger partial charge on any atom is 0.191 e. The highest BCUT2D eigenvalue weighted by atomic mass is 15.2. The van der Waals surface area contributed by atoms with E-state index in [0.29, 0.717) is 0 Å². The molecule has 1 unspecified atom stereocenters. The lowest BCUT2D eigenvalue weighted by Gasteiger charge is -2.22. The summed E-state index contributed by atoms with van der Waals surface area (Å²) in [5, 5.41) is 6.86. The predicted molar refractivity (Wildman–Crippen MR) is 109 cm³/mol. The summed E-state index contributed by atoms with van der Waals surface area (Å²) in [6, 6.07) is 15.0. The van der Waals surface area contributed by atoms with Crippen LogP contribution in [0.1, 0.15) is 37.1 Å². The highest BCUT2D eigenvalue weighted by molar-refractivity contribution is 5.80. The molecule has 2 N–H and O–H groups in total. The van der Waals surface area contributed by atoms with Crippen LogP contribution in [0.4, 0.5) is 5.69 Å². The van der Waals surface area contributed by atoms with Gasteiger partial charge in [-0.05, 0) is 49.6 Å². The van der Waals surface area contributed by atoms with Crippen molar-refractivity contribution in [1.82, 2.24) is 15.6 Å². The minimum Gasteiger partial charge on any atom is -0.372 e. The van der Waals surface area contributed by atoms with Crippen LogP contribution in [0.25, 0.3) is 0 Å². The molecule has 1 saturated heterocycles. The summed E-state index contributed by atoms with van der Waals surface area (Å²) in [7, 11) is 1.81. The fourth-order valence-electron chi connectivity index (χ4n) is 3.30. The van der Waals surface area contributed by atoms with Gasteiger partial charge in [0, 0.05) is 50.7 Å². The first-order valence-corrected chi connectivity index (χ1v) is 9.48. The Kier molecular flexibility index (Phi) is 6.47. The fraction of sp³-hybridized carbons (Fsp3) is 0.429. The van der Waals surface area contributed by atoms with Gasteiger partial charge in [0.2, 0.25) is 0 Å². The number of benzene rings is 1. The lowest BCUT2D eigenvalue weighted by Crippen LogP contribution is -2.39. The average Bonchev–Trinajstić information content (AvgIpc) is 3.23. The van der Waals surface area contributed by atoms with Gasteiger partial charge in [-0.25, -0.2) is 0 Å². The van der Waals surface area contributed by atoms with Crippen LogP contribution in [0.5, 0.6) is 0 Å². The van der Waals surface area contributed by atoms with E-state index in [4.69, 9.17) is 0 Å². The van der Waals surface area contributed by atoms with Crippen molar-refractivity contribution < 1.29 is 0 Å². The molecule has 0 spiro atoms. The van der Waals surface area contributed by atoms with E-state index >= 15 is 0 Å². The quantitative estimate of drug-likeness (QED) is 0.620. The molecule has 5 heteroatoms. The molecule has 1 aromatic carbocycles. The Hall–Kier alpha value is -2.56. The molecule has 1 aliphatic rings. The number of nitrogens with zero attached hydrogens (tertiary/aromatic N) is 3. The van der Waals surface area contributed by atoms with Crippen molar-refractivity contribution in [3.05, 3.63) is 59.9 Å². The van der Waals surface area contributed by atoms with Gasteiger partial charge < -0.3 is 15.5 Å². The molecule has 0 amide bonds. The second kappa shape index (κ2) is 9.22. The number of anilines is 1. The van der Waals surface area contributed by atoms with Crippen LogP contribution < -0.4 is 15.5 Å². The van der Waals surface area contributed by atoms with Crippen LogP contribution in [0.3, 0.4) is 0 Å². The summed E-state index contributed by atoms with van der Waals surface area (Å²) in [4.78, 5) is 11.2. The van der Waals surface area contributed by atoms with Gasteiger partial charge >= 0.3 is 0 Å². The van der Waals surface area contributed by atoms with E-state index in [1.165, 1.54) is 37.2 Å². The fourth-order valence-corrected chi connectivity index (χ4v) is 3.30. The topological polar surface area (TPSA) is 52.6 Å². The Labute approximate surface area is 156 Å². The third-order valence-corrected chi connectivity index (χ3v) is 4.82. The second-order valence-corrected chi connectivity index (χ2v) is 6.73. The largest absolute Gasteiger partial charge is 0.372 e. The number of guanidine groups is 1. The first kappa shape index (κ1) is 18.2. The smallest absolute Gasteiger partial charge is 0.191 e. The van der Waals surface area contributed by atoms with Crippen molar-refractivity contribution in [2.45, 2.75) is 32.2 Å². The van der Waals surface area contributed by atoms with Crippen LogP contribution in [0, 0.1) is 0 Å². The molecule has 0 aliphatic carbocycles. The highest BCUT2D eigenvalue weighted by Gasteiger charge is 2.14. The third kappa shape index (κ3) is 4.97. The molecule has 1 aliphatic heterocycles.